The van der Waals surface area contributed by atoms with Crippen molar-refractivity contribution in [3.63, 3.8) is 0 Å². The monoisotopic (exact) mass is 610 g/mol. The summed E-state index contributed by atoms with van der Waals surface area (Å²) in [5.74, 6) is -0.529. The van der Waals surface area contributed by atoms with E-state index in [9.17, 15) is 14.4 Å². The van der Waals surface area contributed by atoms with E-state index < -0.39 is 24.2 Å². The molecule has 0 spiro atoms. The van der Waals surface area contributed by atoms with Crippen molar-refractivity contribution in [2.45, 2.75) is 44.7 Å². The topological polar surface area (TPSA) is 91.4 Å². The number of esters is 1. The molecular weight excluding hydrogens is 568 g/mol. The Balaban J connectivity index is 0.000000354. The van der Waals surface area contributed by atoms with Gasteiger partial charge in [0.25, 0.3) is 0 Å². The third kappa shape index (κ3) is 9.30. The number of fused-ring (bicyclic) bond motifs is 1. The first-order valence-electron chi connectivity index (χ1n) is 15.1. The van der Waals surface area contributed by atoms with Crippen LogP contribution in [0.3, 0.4) is 0 Å². The number of carbonyl (C=O) groups excluding carboxylic acids is 3. The Morgan fingerprint density at radius 2 is 1.49 bits per heavy atom. The highest BCUT2D eigenvalue weighted by Crippen LogP contribution is 2.27. The summed E-state index contributed by atoms with van der Waals surface area (Å²) in [5.41, 5.74) is 4.46. The third-order valence-electron chi connectivity index (χ3n) is 7.65. The molecule has 1 fully saturated rings. The van der Waals surface area contributed by atoms with Crippen molar-refractivity contribution in [1.29, 1.82) is 0 Å². The van der Waals surface area contributed by atoms with Gasteiger partial charge in [0.15, 0.2) is 0 Å². The molecule has 0 bridgehead atoms. The zero-order chi connectivity index (χ0) is 32.0. The van der Waals surface area contributed by atoms with E-state index >= 15 is 0 Å². The van der Waals surface area contributed by atoms with Gasteiger partial charge >= 0.3 is 18.1 Å². The Bertz CT molecular complexity index is 1410. The molecule has 1 N–H and O–H groups in total. The summed E-state index contributed by atoms with van der Waals surface area (Å²) in [5, 5.41) is 3.23. The van der Waals surface area contributed by atoms with Crippen LogP contribution in [0.1, 0.15) is 28.7 Å². The van der Waals surface area contributed by atoms with Gasteiger partial charge < -0.3 is 24.6 Å². The SMILES string of the molecule is C=CCN(Cc1ccccc1)C(=O)N1CC(OC(=O)N2Cc3ccccc3C2)C[C@H]1C(=O)OC.C=CCNCc1ccccc1. The van der Waals surface area contributed by atoms with E-state index in [0.717, 1.165) is 29.8 Å². The van der Waals surface area contributed by atoms with Crippen LogP contribution in [0.2, 0.25) is 0 Å². The highest BCUT2D eigenvalue weighted by Gasteiger charge is 2.44. The van der Waals surface area contributed by atoms with E-state index in [1.165, 1.54) is 17.6 Å². The van der Waals surface area contributed by atoms with Crippen LogP contribution in [0.15, 0.2) is 110 Å². The number of carbonyl (C=O) groups is 3. The standard InChI is InChI=1S/C26H29N3O5.C10H13N/c1-3-13-27(15-19-9-5-4-6-10-19)25(31)29-18-22(14-23(29)24(30)33-2)34-26(32)28-16-20-11-7-8-12-21(20)17-28;1-2-8-11-9-10-6-4-3-5-7-10/h3-12,22-23H,1,13-18H2,2H3;2-7,11H,1,8-9H2/t22?,23-;/m0./s1. The molecule has 3 amide bonds. The molecule has 2 heterocycles. The molecule has 9 nitrogen and oxygen atoms in total. The van der Waals surface area contributed by atoms with E-state index in [1.807, 2.05) is 78.9 Å². The number of amides is 3. The van der Waals surface area contributed by atoms with E-state index in [-0.39, 0.29) is 19.0 Å². The minimum atomic E-state index is -0.825. The van der Waals surface area contributed by atoms with Gasteiger partial charge in [-0.3, -0.25) is 4.90 Å². The van der Waals surface area contributed by atoms with Crippen LogP contribution in [0, 0.1) is 0 Å². The van der Waals surface area contributed by atoms with Gasteiger partial charge in [0, 0.05) is 45.7 Å². The van der Waals surface area contributed by atoms with Gasteiger partial charge in [0.05, 0.1) is 13.7 Å². The number of hydrogen-bond acceptors (Lipinski definition) is 6. The highest BCUT2D eigenvalue weighted by molar-refractivity contribution is 5.85. The van der Waals surface area contributed by atoms with Gasteiger partial charge in [0.2, 0.25) is 0 Å². The summed E-state index contributed by atoms with van der Waals surface area (Å²) < 4.78 is 10.7. The maximum atomic E-state index is 13.5. The van der Waals surface area contributed by atoms with E-state index in [2.05, 4.69) is 30.6 Å². The van der Waals surface area contributed by atoms with Crippen LogP contribution in [0.5, 0.6) is 0 Å². The minimum absolute atomic E-state index is 0.119. The van der Waals surface area contributed by atoms with Crippen LogP contribution in [0.4, 0.5) is 9.59 Å². The lowest BCUT2D eigenvalue weighted by molar-refractivity contribution is -0.145. The number of benzene rings is 3. The number of likely N-dealkylation sites (tertiary alicyclic amines) is 1. The van der Waals surface area contributed by atoms with Crippen LogP contribution < -0.4 is 5.32 Å². The molecule has 3 aromatic rings. The van der Waals surface area contributed by atoms with E-state index in [0.29, 0.717) is 26.2 Å². The number of ether oxygens (including phenoxy) is 2. The Hall–Kier alpha value is -4.89. The molecular formula is C36H42N4O5. The van der Waals surface area contributed by atoms with E-state index in [1.54, 1.807) is 15.9 Å². The normalized spacial score (nSPS) is 16.6. The first kappa shape index (κ1) is 33.0. The highest BCUT2D eigenvalue weighted by atomic mass is 16.6. The summed E-state index contributed by atoms with van der Waals surface area (Å²) >= 11 is 0. The molecule has 9 heteroatoms. The molecule has 2 aliphatic rings. The number of rotatable bonds is 10. The van der Waals surface area contributed by atoms with Gasteiger partial charge in [-0.1, -0.05) is 97.1 Å². The van der Waals surface area contributed by atoms with Gasteiger partial charge in [-0.15, -0.1) is 13.2 Å². The number of methoxy groups -OCH3 is 1. The fourth-order valence-electron chi connectivity index (χ4n) is 5.40. The van der Waals surface area contributed by atoms with Crippen LogP contribution in [-0.2, 0) is 40.4 Å². The first-order valence-corrected chi connectivity index (χ1v) is 15.1. The molecule has 2 aliphatic heterocycles. The summed E-state index contributed by atoms with van der Waals surface area (Å²) in [4.78, 5) is 43.5. The first-order chi connectivity index (χ1) is 21.9. The molecule has 0 saturated carbocycles. The molecule has 1 saturated heterocycles. The minimum Gasteiger partial charge on any atom is -0.467 e. The fourth-order valence-corrected chi connectivity index (χ4v) is 5.40. The molecule has 3 aromatic carbocycles. The Labute approximate surface area is 265 Å². The summed E-state index contributed by atoms with van der Waals surface area (Å²) in [6.45, 7) is 10.9. The lowest BCUT2D eigenvalue weighted by atomic mass is 10.1. The predicted molar refractivity (Wildman–Crippen MR) is 174 cm³/mol. The zero-order valence-corrected chi connectivity index (χ0v) is 25.8. The van der Waals surface area contributed by atoms with Crippen molar-refractivity contribution in [2.24, 2.45) is 0 Å². The predicted octanol–water partition coefficient (Wildman–Crippen LogP) is 5.53. The second kappa shape index (κ2) is 16.8. The Morgan fingerprint density at radius 1 is 0.889 bits per heavy atom. The van der Waals surface area contributed by atoms with Crippen molar-refractivity contribution in [3.05, 3.63) is 132 Å². The smallest absolute Gasteiger partial charge is 0.410 e. The zero-order valence-electron chi connectivity index (χ0n) is 25.8. The molecule has 2 atom stereocenters. The van der Waals surface area contributed by atoms with Crippen molar-refractivity contribution in [3.8, 4) is 0 Å². The second-order valence-corrected chi connectivity index (χ2v) is 10.9. The fraction of sp³-hybridized carbons (Fsp3) is 0.306. The molecule has 236 valence electrons. The lowest BCUT2D eigenvalue weighted by Crippen LogP contribution is -2.48. The van der Waals surface area contributed by atoms with Gasteiger partial charge in [-0.05, 0) is 22.3 Å². The summed E-state index contributed by atoms with van der Waals surface area (Å²) in [6, 6.07) is 26.6. The number of urea groups is 1. The molecule has 1 unspecified atom stereocenters. The summed E-state index contributed by atoms with van der Waals surface area (Å²) in [6.07, 6.45) is 2.64. The van der Waals surface area contributed by atoms with Crippen molar-refractivity contribution in [1.82, 2.24) is 20.0 Å². The van der Waals surface area contributed by atoms with Crippen molar-refractivity contribution < 1.29 is 23.9 Å². The molecule has 0 radical (unpaired) electrons. The van der Waals surface area contributed by atoms with Crippen molar-refractivity contribution in [2.75, 3.05) is 26.7 Å². The third-order valence-corrected chi connectivity index (χ3v) is 7.65. The van der Waals surface area contributed by atoms with Crippen LogP contribution >= 0.6 is 0 Å². The summed E-state index contributed by atoms with van der Waals surface area (Å²) in [7, 11) is 1.29. The maximum Gasteiger partial charge on any atom is 0.410 e. The lowest BCUT2D eigenvalue weighted by Gasteiger charge is -2.30. The average Bonchev–Trinajstić information content (AvgIpc) is 3.70. The van der Waals surface area contributed by atoms with Crippen molar-refractivity contribution >= 4 is 18.1 Å². The average molecular weight is 611 g/mol. The number of nitrogens with zero attached hydrogens (tertiary/aromatic N) is 3. The largest absolute Gasteiger partial charge is 0.467 e. The van der Waals surface area contributed by atoms with Crippen LogP contribution in [-0.4, -0.2) is 71.7 Å². The van der Waals surface area contributed by atoms with Crippen LogP contribution in [0.25, 0.3) is 0 Å². The van der Waals surface area contributed by atoms with Gasteiger partial charge in [0.1, 0.15) is 12.1 Å². The van der Waals surface area contributed by atoms with Gasteiger partial charge in [-0.25, -0.2) is 14.4 Å². The van der Waals surface area contributed by atoms with E-state index in [4.69, 9.17) is 9.47 Å². The molecule has 5 rings (SSSR count). The number of nitrogens with one attached hydrogen (secondary N) is 1. The Kier molecular flexibility index (Phi) is 12.3. The molecule has 0 aromatic heterocycles. The molecule has 45 heavy (non-hydrogen) atoms. The second-order valence-electron chi connectivity index (χ2n) is 10.9. The Morgan fingerprint density at radius 3 is 2.07 bits per heavy atom. The van der Waals surface area contributed by atoms with Gasteiger partial charge in [-0.2, -0.15) is 0 Å². The molecule has 0 aliphatic carbocycles. The number of hydrogen-bond donors (Lipinski definition) is 1. The quantitative estimate of drug-likeness (QED) is 0.185. The maximum absolute atomic E-state index is 13.5.